The zero-order chi connectivity index (χ0) is 16.7. The second-order valence-corrected chi connectivity index (χ2v) is 5.23. The molecule has 0 aliphatic heterocycles. The van der Waals surface area contributed by atoms with E-state index in [1.54, 1.807) is 12.0 Å². The minimum atomic E-state index is -0.00291. The van der Waals surface area contributed by atoms with Crippen LogP contribution in [-0.4, -0.2) is 45.1 Å². The third kappa shape index (κ3) is 5.15. The van der Waals surface area contributed by atoms with Crippen LogP contribution in [0.2, 0.25) is 0 Å². The average Bonchev–Trinajstić information content (AvgIpc) is 2.60. The zero-order valence-electron chi connectivity index (χ0n) is 14.2. The molecule has 0 atom stereocenters. The third-order valence-electron chi connectivity index (χ3n) is 3.57. The molecule has 2 rings (SSSR count). The van der Waals surface area contributed by atoms with Crippen LogP contribution < -0.4 is 15.4 Å². The van der Waals surface area contributed by atoms with Crippen molar-refractivity contribution in [2.24, 2.45) is 0 Å². The van der Waals surface area contributed by atoms with E-state index in [-0.39, 0.29) is 18.3 Å². The van der Waals surface area contributed by atoms with Crippen LogP contribution in [0.3, 0.4) is 0 Å². The first kappa shape index (κ1) is 19.8. The third-order valence-corrected chi connectivity index (χ3v) is 3.57. The van der Waals surface area contributed by atoms with Crippen molar-refractivity contribution in [3.8, 4) is 5.75 Å². The molecule has 0 radical (unpaired) electrons. The van der Waals surface area contributed by atoms with Crippen molar-refractivity contribution < 1.29 is 9.53 Å². The van der Waals surface area contributed by atoms with E-state index in [2.05, 4.69) is 10.6 Å². The molecule has 0 saturated carbocycles. The lowest BCUT2D eigenvalue weighted by Crippen LogP contribution is -2.33. The number of carbonyl (C=O) groups excluding carboxylic acids is 1. The molecule has 0 spiro atoms. The molecule has 2 N–H and O–H groups in total. The van der Waals surface area contributed by atoms with Crippen molar-refractivity contribution in [2.75, 3.05) is 39.6 Å². The highest BCUT2D eigenvalue weighted by Crippen LogP contribution is 2.23. The van der Waals surface area contributed by atoms with Crippen molar-refractivity contribution in [1.29, 1.82) is 0 Å². The summed E-state index contributed by atoms with van der Waals surface area (Å²) in [5, 5.41) is 6.35. The van der Waals surface area contributed by atoms with Gasteiger partial charge < -0.3 is 20.3 Å². The Morgan fingerprint density at radius 2 is 1.79 bits per heavy atom. The minimum Gasteiger partial charge on any atom is -0.497 e. The number of ether oxygens (including phenoxy) is 1. The van der Waals surface area contributed by atoms with Gasteiger partial charge in [-0.2, -0.15) is 0 Å². The Bertz CT molecular complexity index is 647. The molecule has 0 aliphatic rings. The number of benzene rings is 2. The van der Waals surface area contributed by atoms with Gasteiger partial charge in [0, 0.05) is 25.8 Å². The molecule has 1 amide bonds. The summed E-state index contributed by atoms with van der Waals surface area (Å²) in [6.45, 7) is 1.42. The van der Waals surface area contributed by atoms with E-state index in [1.807, 2.05) is 62.6 Å². The Labute approximate surface area is 149 Å². The van der Waals surface area contributed by atoms with Crippen LogP contribution in [0.15, 0.2) is 48.5 Å². The monoisotopic (exact) mass is 349 g/mol. The van der Waals surface area contributed by atoms with Gasteiger partial charge in [-0.05, 0) is 43.4 Å². The molecular weight excluding hydrogens is 326 g/mol. The van der Waals surface area contributed by atoms with Gasteiger partial charge in [-0.15, -0.1) is 12.4 Å². The SMILES string of the molecule is CNCCN(C)C(=O)c1ccccc1Nc1ccc(OC)cc1.Cl. The topological polar surface area (TPSA) is 53.6 Å². The van der Waals surface area contributed by atoms with Crippen LogP contribution in [0.1, 0.15) is 10.4 Å². The van der Waals surface area contributed by atoms with Crippen molar-refractivity contribution in [1.82, 2.24) is 10.2 Å². The first-order valence-corrected chi connectivity index (χ1v) is 7.56. The van der Waals surface area contributed by atoms with Crippen LogP contribution in [0.4, 0.5) is 11.4 Å². The van der Waals surface area contributed by atoms with Gasteiger partial charge in [-0.3, -0.25) is 4.79 Å². The molecule has 6 heteroatoms. The van der Waals surface area contributed by atoms with E-state index >= 15 is 0 Å². The Hall–Kier alpha value is -2.24. The summed E-state index contributed by atoms with van der Waals surface area (Å²) in [7, 11) is 5.32. The van der Waals surface area contributed by atoms with Gasteiger partial charge in [0.1, 0.15) is 5.75 Å². The van der Waals surface area contributed by atoms with Gasteiger partial charge >= 0.3 is 0 Å². The number of amides is 1. The lowest BCUT2D eigenvalue weighted by atomic mass is 10.1. The van der Waals surface area contributed by atoms with Gasteiger partial charge in [0.15, 0.2) is 0 Å². The molecule has 0 aromatic heterocycles. The fraction of sp³-hybridized carbons (Fsp3) is 0.278. The molecule has 0 aliphatic carbocycles. The highest BCUT2D eigenvalue weighted by molar-refractivity contribution is 6.00. The molecule has 0 unspecified atom stereocenters. The molecule has 0 fully saturated rings. The highest BCUT2D eigenvalue weighted by atomic mass is 35.5. The number of nitrogens with zero attached hydrogens (tertiary/aromatic N) is 1. The molecule has 0 bridgehead atoms. The van der Waals surface area contributed by atoms with Crippen LogP contribution in [-0.2, 0) is 0 Å². The Morgan fingerprint density at radius 1 is 1.12 bits per heavy atom. The quantitative estimate of drug-likeness (QED) is 0.806. The number of rotatable bonds is 7. The summed E-state index contributed by atoms with van der Waals surface area (Å²) in [4.78, 5) is 14.3. The summed E-state index contributed by atoms with van der Waals surface area (Å²) in [6.07, 6.45) is 0. The summed E-state index contributed by atoms with van der Waals surface area (Å²) in [5.74, 6) is 0.795. The number of carbonyl (C=O) groups is 1. The maximum absolute atomic E-state index is 12.6. The summed E-state index contributed by atoms with van der Waals surface area (Å²) in [5.41, 5.74) is 2.35. The second-order valence-electron chi connectivity index (χ2n) is 5.23. The molecular formula is C18H24ClN3O2. The van der Waals surface area contributed by atoms with Crippen molar-refractivity contribution >= 4 is 29.7 Å². The predicted octanol–water partition coefficient (Wildman–Crippen LogP) is 3.15. The van der Waals surface area contributed by atoms with Crippen molar-refractivity contribution in [3.05, 3.63) is 54.1 Å². The van der Waals surface area contributed by atoms with E-state index in [0.29, 0.717) is 12.1 Å². The van der Waals surface area contributed by atoms with E-state index in [9.17, 15) is 4.79 Å². The van der Waals surface area contributed by atoms with E-state index in [1.165, 1.54) is 0 Å². The molecule has 0 saturated heterocycles. The van der Waals surface area contributed by atoms with Crippen molar-refractivity contribution in [2.45, 2.75) is 0 Å². The second kappa shape index (κ2) is 9.80. The number of anilines is 2. The number of likely N-dealkylation sites (N-methyl/N-ethyl adjacent to an activating group) is 2. The fourth-order valence-corrected chi connectivity index (χ4v) is 2.20. The summed E-state index contributed by atoms with van der Waals surface area (Å²) < 4.78 is 5.16. The first-order valence-electron chi connectivity index (χ1n) is 7.56. The smallest absolute Gasteiger partial charge is 0.255 e. The van der Waals surface area contributed by atoms with Crippen LogP contribution in [0, 0.1) is 0 Å². The molecule has 5 nitrogen and oxygen atoms in total. The largest absolute Gasteiger partial charge is 0.497 e. The van der Waals surface area contributed by atoms with Crippen molar-refractivity contribution in [3.63, 3.8) is 0 Å². The van der Waals surface area contributed by atoms with Crippen LogP contribution in [0.5, 0.6) is 5.75 Å². The van der Waals surface area contributed by atoms with Gasteiger partial charge in [0.2, 0.25) is 0 Å². The van der Waals surface area contributed by atoms with Crippen LogP contribution in [0.25, 0.3) is 0 Å². The maximum atomic E-state index is 12.6. The average molecular weight is 350 g/mol. The Kier molecular flexibility index (Phi) is 8.09. The highest BCUT2D eigenvalue weighted by Gasteiger charge is 2.15. The number of hydrogen-bond donors (Lipinski definition) is 2. The summed E-state index contributed by atoms with van der Waals surface area (Å²) >= 11 is 0. The fourth-order valence-electron chi connectivity index (χ4n) is 2.20. The molecule has 2 aromatic carbocycles. The number of methoxy groups -OCH3 is 1. The lowest BCUT2D eigenvalue weighted by molar-refractivity contribution is 0.0798. The van der Waals surface area contributed by atoms with E-state index in [0.717, 1.165) is 23.7 Å². The Morgan fingerprint density at radius 3 is 2.42 bits per heavy atom. The molecule has 2 aromatic rings. The number of nitrogens with one attached hydrogen (secondary N) is 2. The van der Waals surface area contributed by atoms with E-state index < -0.39 is 0 Å². The maximum Gasteiger partial charge on any atom is 0.255 e. The molecule has 0 heterocycles. The van der Waals surface area contributed by atoms with Gasteiger partial charge in [-0.25, -0.2) is 0 Å². The Balaban J connectivity index is 0.00000288. The first-order chi connectivity index (χ1) is 11.2. The predicted molar refractivity (Wildman–Crippen MR) is 101 cm³/mol. The lowest BCUT2D eigenvalue weighted by Gasteiger charge is -2.19. The standard InChI is InChI=1S/C18H23N3O2.ClH/c1-19-12-13-21(2)18(22)16-6-4-5-7-17(16)20-14-8-10-15(23-3)11-9-14;/h4-11,19-20H,12-13H2,1-3H3;1H. The van der Waals surface area contributed by atoms with Crippen LogP contribution >= 0.6 is 12.4 Å². The number of hydrogen-bond acceptors (Lipinski definition) is 4. The normalized spacial score (nSPS) is 9.79. The molecule has 24 heavy (non-hydrogen) atoms. The van der Waals surface area contributed by atoms with Gasteiger partial charge in [0.25, 0.3) is 5.91 Å². The molecule has 130 valence electrons. The van der Waals surface area contributed by atoms with E-state index in [4.69, 9.17) is 4.74 Å². The van der Waals surface area contributed by atoms with Gasteiger partial charge in [0.05, 0.1) is 18.4 Å². The number of halogens is 1. The van der Waals surface area contributed by atoms with Gasteiger partial charge in [-0.1, -0.05) is 12.1 Å². The summed E-state index contributed by atoms with van der Waals surface area (Å²) in [6, 6.07) is 15.1. The minimum absolute atomic E-state index is 0. The number of para-hydroxylation sites is 1. The zero-order valence-corrected chi connectivity index (χ0v) is 15.0.